The highest BCUT2D eigenvalue weighted by atomic mass is 35.5. The summed E-state index contributed by atoms with van der Waals surface area (Å²) in [6.07, 6.45) is 1.84. The molecule has 5 heteroatoms. The zero-order chi connectivity index (χ0) is 17.6. The smallest absolute Gasteiger partial charge is 0.119 e. The van der Waals surface area contributed by atoms with E-state index in [9.17, 15) is 5.11 Å². The third-order valence-electron chi connectivity index (χ3n) is 4.28. The molecule has 1 unspecified atom stereocenters. The molecule has 0 aromatic heterocycles. The fourth-order valence-corrected chi connectivity index (χ4v) is 2.96. The molecule has 4 nitrogen and oxygen atoms in total. The maximum atomic E-state index is 10.4. The average molecular weight is 362 g/mol. The van der Waals surface area contributed by atoms with Crippen molar-refractivity contribution in [3.8, 4) is 11.5 Å². The Hall–Kier alpha value is -1.75. The van der Waals surface area contributed by atoms with E-state index in [1.54, 1.807) is 19.2 Å². The summed E-state index contributed by atoms with van der Waals surface area (Å²) in [6, 6.07) is 15.8. The molecule has 0 amide bonds. The van der Waals surface area contributed by atoms with Gasteiger partial charge >= 0.3 is 0 Å². The molecule has 0 saturated heterocycles. The van der Waals surface area contributed by atoms with Crippen molar-refractivity contribution in [2.24, 2.45) is 0 Å². The number of methoxy groups -OCH3 is 1. The fraction of sp³-hybridized carbons (Fsp3) is 0.400. The van der Waals surface area contributed by atoms with Crippen LogP contribution < -0.4 is 9.47 Å². The van der Waals surface area contributed by atoms with Gasteiger partial charge in [-0.25, -0.2) is 0 Å². The van der Waals surface area contributed by atoms with Crippen molar-refractivity contribution >= 4 is 11.6 Å². The molecule has 1 aliphatic rings. The SMILES string of the molecule is COc1cccc(CN(CC(O)COc2ccc(Cl)cc2)C2CC2)c1. The largest absolute Gasteiger partial charge is 0.497 e. The first-order valence-corrected chi connectivity index (χ1v) is 8.95. The van der Waals surface area contributed by atoms with Crippen LogP contribution in [0.1, 0.15) is 18.4 Å². The number of aliphatic hydroxyl groups excluding tert-OH is 1. The molecule has 1 N–H and O–H groups in total. The molecule has 1 aliphatic carbocycles. The van der Waals surface area contributed by atoms with Crippen molar-refractivity contribution in [3.63, 3.8) is 0 Å². The Kier molecular flexibility index (Phi) is 6.19. The van der Waals surface area contributed by atoms with E-state index in [1.807, 2.05) is 30.3 Å². The van der Waals surface area contributed by atoms with Gasteiger partial charge in [0.15, 0.2) is 0 Å². The second kappa shape index (κ2) is 8.56. The highest BCUT2D eigenvalue weighted by molar-refractivity contribution is 6.30. The van der Waals surface area contributed by atoms with Gasteiger partial charge in [0.2, 0.25) is 0 Å². The van der Waals surface area contributed by atoms with E-state index in [-0.39, 0.29) is 6.61 Å². The molecular weight excluding hydrogens is 338 g/mol. The zero-order valence-corrected chi connectivity index (χ0v) is 15.2. The first-order valence-electron chi connectivity index (χ1n) is 8.57. The van der Waals surface area contributed by atoms with Crippen LogP contribution in [0.25, 0.3) is 0 Å². The van der Waals surface area contributed by atoms with Gasteiger partial charge in [-0.15, -0.1) is 0 Å². The topological polar surface area (TPSA) is 41.9 Å². The zero-order valence-electron chi connectivity index (χ0n) is 14.4. The summed E-state index contributed by atoms with van der Waals surface area (Å²) < 4.78 is 10.9. The molecular formula is C20H24ClNO3. The van der Waals surface area contributed by atoms with E-state index in [1.165, 1.54) is 18.4 Å². The first kappa shape index (κ1) is 18.1. The van der Waals surface area contributed by atoms with Gasteiger partial charge in [-0.3, -0.25) is 4.90 Å². The van der Waals surface area contributed by atoms with Crippen LogP contribution in [0.2, 0.25) is 5.02 Å². The third kappa shape index (κ3) is 5.63. The molecule has 1 saturated carbocycles. The van der Waals surface area contributed by atoms with Gasteiger partial charge in [0.1, 0.15) is 24.2 Å². The van der Waals surface area contributed by atoms with Crippen LogP contribution >= 0.6 is 11.6 Å². The van der Waals surface area contributed by atoms with Gasteiger partial charge < -0.3 is 14.6 Å². The molecule has 0 bridgehead atoms. The second-order valence-electron chi connectivity index (χ2n) is 6.43. The number of ether oxygens (including phenoxy) is 2. The van der Waals surface area contributed by atoms with Gasteiger partial charge in [-0.1, -0.05) is 23.7 Å². The Morgan fingerprint density at radius 2 is 1.92 bits per heavy atom. The third-order valence-corrected chi connectivity index (χ3v) is 4.54. The number of benzene rings is 2. The van der Waals surface area contributed by atoms with E-state index < -0.39 is 6.10 Å². The van der Waals surface area contributed by atoms with Gasteiger partial charge in [-0.05, 0) is 54.8 Å². The highest BCUT2D eigenvalue weighted by Crippen LogP contribution is 2.29. The van der Waals surface area contributed by atoms with Crippen molar-refractivity contribution in [3.05, 3.63) is 59.1 Å². The van der Waals surface area contributed by atoms with Crippen LogP contribution in [-0.2, 0) is 6.54 Å². The van der Waals surface area contributed by atoms with Gasteiger partial charge in [0.25, 0.3) is 0 Å². The van der Waals surface area contributed by atoms with Crippen LogP contribution in [0.4, 0.5) is 0 Å². The molecule has 0 heterocycles. The monoisotopic (exact) mass is 361 g/mol. The normalized spacial score (nSPS) is 15.2. The Bertz CT molecular complexity index is 673. The Morgan fingerprint density at radius 3 is 2.60 bits per heavy atom. The lowest BCUT2D eigenvalue weighted by Crippen LogP contribution is -2.36. The summed E-state index contributed by atoms with van der Waals surface area (Å²) in [6.45, 7) is 1.66. The summed E-state index contributed by atoms with van der Waals surface area (Å²) in [5, 5.41) is 11.0. The lowest BCUT2D eigenvalue weighted by Gasteiger charge is -2.25. The molecule has 0 spiro atoms. The lowest BCUT2D eigenvalue weighted by atomic mass is 10.2. The lowest BCUT2D eigenvalue weighted by molar-refractivity contribution is 0.0626. The number of halogens is 1. The summed E-state index contributed by atoms with van der Waals surface area (Å²) in [4.78, 5) is 2.32. The van der Waals surface area contributed by atoms with Crippen LogP contribution in [0, 0.1) is 0 Å². The highest BCUT2D eigenvalue weighted by Gasteiger charge is 2.30. The van der Waals surface area contributed by atoms with Gasteiger partial charge in [-0.2, -0.15) is 0 Å². The summed E-state index contributed by atoms with van der Waals surface area (Å²) in [5.41, 5.74) is 1.19. The molecule has 25 heavy (non-hydrogen) atoms. The van der Waals surface area contributed by atoms with E-state index in [0.717, 1.165) is 12.3 Å². The summed E-state index contributed by atoms with van der Waals surface area (Å²) in [7, 11) is 1.68. The van der Waals surface area contributed by atoms with Gasteiger partial charge in [0.05, 0.1) is 7.11 Å². The van der Waals surface area contributed by atoms with Gasteiger partial charge in [0, 0.05) is 24.2 Å². The van der Waals surface area contributed by atoms with Crippen LogP contribution in [0.5, 0.6) is 11.5 Å². The number of nitrogens with zero attached hydrogens (tertiary/aromatic N) is 1. The summed E-state index contributed by atoms with van der Waals surface area (Å²) in [5.74, 6) is 1.58. The van der Waals surface area contributed by atoms with E-state index >= 15 is 0 Å². The standard InChI is InChI=1S/C20H24ClNO3/c1-24-20-4-2-3-15(11-20)12-22(17-7-8-17)13-18(23)14-25-19-9-5-16(21)6-10-19/h2-6,9-11,17-18,23H,7-8,12-14H2,1H3. The minimum atomic E-state index is -0.540. The Labute approximate surface area is 153 Å². The quantitative estimate of drug-likeness (QED) is 0.738. The van der Waals surface area contributed by atoms with E-state index in [4.69, 9.17) is 21.1 Å². The molecule has 2 aromatic rings. The van der Waals surface area contributed by atoms with Crippen LogP contribution in [-0.4, -0.2) is 42.4 Å². The van der Waals surface area contributed by atoms with Crippen molar-refractivity contribution in [1.29, 1.82) is 0 Å². The molecule has 3 rings (SSSR count). The molecule has 0 radical (unpaired) electrons. The molecule has 0 aliphatic heterocycles. The molecule has 1 atom stereocenters. The van der Waals surface area contributed by atoms with Crippen molar-refractivity contribution in [2.75, 3.05) is 20.3 Å². The van der Waals surface area contributed by atoms with Crippen LogP contribution in [0.15, 0.2) is 48.5 Å². The molecule has 2 aromatic carbocycles. The van der Waals surface area contributed by atoms with Crippen molar-refractivity contribution in [2.45, 2.75) is 31.5 Å². The Balaban J connectivity index is 1.53. The first-order chi connectivity index (χ1) is 12.1. The van der Waals surface area contributed by atoms with E-state index in [0.29, 0.717) is 23.4 Å². The number of rotatable bonds is 9. The van der Waals surface area contributed by atoms with E-state index in [2.05, 4.69) is 11.0 Å². The van der Waals surface area contributed by atoms with Crippen molar-refractivity contribution in [1.82, 2.24) is 4.90 Å². The average Bonchev–Trinajstić information content (AvgIpc) is 3.46. The van der Waals surface area contributed by atoms with Crippen molar-refractivity contribution < 1.29 is 14.6 Å². The maximum Gasteiger partial charge on any atom is 0.119 e. The molecule has 134 valence electrons. The number of hydrogen-bond donors (Lipinski definition) is 1. The maximum absolute atomic E-state index is 10.4. The predicted octanol–water partition coefficient (Wildman–Crippen LogP) is 3.75. The minimum absolute atomic E-state index is 0.267. The molecule has 1 fully saturated rings. The number of hydrogen-bond acceptors (Lipinski definition) is 4. The minimum Gasteiger partial charge on any atom is -0.497 e. The summed E-state index contributed by atoms with van der Waals surface area (Å²) >= 11 is 5.86. The predicted molar refractivity (Wildman–Crippen MR) is 99.4 cm³/mol. The van der Waals surface area contributed by atoms with Crippen LogP contribution in [0.3, 0.4) is 0 Å². The fourth-order valence-electron chi connectivity index (χ4n) is 2.83. The Morgan fingerprint density at radius 1 is 1.16 bits per heavy atom. The number of aliphatic hydroxyl groups is 1. The second-order valence-corrected chi connectivity index (χ2v) is 6.87.